The second-order valence-corrected chi connectivity index (χ2v) is 5.54. The molecule has 2 rings (SSSR count). The van der Waals surface area contributed by atoms with E-state index in [-0.39, 0.29) is 37.4 Å². The predicted octanol–water partition coefficient (Wildman–Crippen LogP) is 2.11. The Hall–Kier alpha value is -2.39. The third kappa shape index (κ3) is 6.49. The summed E-state index contributed by atoms with van der Waals surface area (Å²) in [5.41, 5.74) is -0.160. The van der Waals surface area contributed by atoms with E-state index >= 15 is 0 Å². The lowest BCUT2D eigenvalue weighted by atomic mass is 10.2. The second-order valence-electron chi connectivity index (χ2n) is 5.54. The van der Waals surface area contributed by atoms with E-state index < -0.39 is 10.9 Å². The Morgan fingerprint density at radius 3 is 2.85 bits per heavy atom. The van der Waals surface area contributed by atoms with Crippen LogP contribution in [0, 0.1) is 10.1 Å². The molecular weight excluding hydrogens is 346 g/mol. The summed E-state index contributed by atoms with van der Waals surface area (Å²) in [5.74, 6) is -0.165. The minimum atomic E-state index is -0.564. The van der Waals surface area contributed by atoms with Crippen LogP contribution in [0.1, 0.15) is 19.8 Å². The molecule has 0 bridgehead atoms. The maximum absolute atomic E-state index is 11.4. The summed E-state index contributed by atoms with van der Waals surface area (Å²) in [6, 6.07) is 3.95. The molecule has 0 N–H and O–H groups in total. The molecule has 0 saturated carbocycles. The van der Waals surface area contributed by atoms with Gasteiger partial charge in [-0.1, -0.05) is 0 Å². The highest BCUT2D eigenvalue weighted by atomic mass is 16.6. The quantitative estimate of drug-likeness (QED) is 0.267. The molecule has 1 fully saturated rings. The number of non-ortho nitro benzene ring substituents is 1. The summed E-state index contributed by atoms with van der Waals surface area (Å²) in [7, 11) is 0. The van der Waals surface area contributed by atoms with Crippen molar-refractivity contribution >= 4 is 11.7 Å². The number of carbonyl (C=O) groups is 1. The monoisotopic (exact) mass is 369 g/mol. The average molecular weight is 369 g/mol. The van der Waals surface area contributed by atoms with Crippen molar-refractivity contribution in [1.29, 1.82) is 0 Å². The molecule has 0 aliphatic carbocycles. The molecule has 26 heavy (non-hydrogen) atoms. The Bertz CT molecular complexity index is 600. The van der Waals surface area contributed by atoms with Crippen LogP contribution in [-0.4, -0.2) is 56.6 Å². The number of esters is 1. The van der Waals surface area contributed by atoms with E-state index in [1.54, 1.807) is 6.92 Å². The largest absolute Gasteiger partial charge is 0.487 e. The maximum atomic E-state index is 11.4. The molecular formula is C17H23NO8. The lowest BCUT2D eigenvalue weighted by Gasteiger charge is -2.22. The third-order valence-electron chi connectivity index (χ3n) is 3.60. The van der Waals surface area contributed by atoms with Crippen LogP contribution in [0.25, 0.3) is 0 Å². The van der Waals surface area contributed by atoms with Crippen LogP contribution in [-0.2, 0) is 19.0 Å². The van der Waals surface area contributed by atoms with Crippen molar-refractivity contribution in [3.63, 3.8) is 0 Å². The summed E-state index contributed by atoms with van der Waals surface area (Å²) in [6.07, 6.45) is 1.98. The standard InChI is InChI=1S/C17H23NO8/c1-2-23-17(19)12-26-16-10-13(18(20)21)5-6-15(16)25-9-8-24-14-4-3-7-22-11-14/h5-6,10,14H,2-4,7-9,11-12H2,1H3. The average Bonchev–Trinajstić information content (AvgIpc) is 2.65. The molecule has 1 aromatic rings. The van der Waals surface area contributed by atoms with E-state index in [4.69, 9.17) is 23.7 Å². The second kappa shape index (κ2) is 10.6. The van der Waals surface area contributed by atoms with Crippen LogP contribution in [0.15, 0.2) is 18.2 Å². The third-order valence-corrected chi connectivity index (χ3v) is 3.60. The Balaban J connectivity index is 1.89. The topological polar surface area (TPSA) is 106 Å². The van der Waals surface area contributed by atoms with Crippen molar-refractivity contribution < 1.29 is 33.4 Å². The zero-order chi connectivity index (χ0) is 18.8. The smallest absolute Gasteiger partial charge is 0.344 e. The van der Waals surface area contributed by atoms with Gasteiger partial charge in [-0.15, -0.1) is 0 Å². The lowest BCUT2D eigenvalue weighted by Crippen LogP contribution is -2.27. The normalized spacial score (nSPS) is 16.7. The van der Waals surface area contributed by atoms with Crippen LogP contribution in [0.4, 0.5) is 5.69 Å². The van der Waals surface area contributed by atoms with Gasteiger partial charge in [0.1, 0.15) is 6.61 Å². The van der Waals surface area contributed by atoms with Gasteiger partial charge >= 0.3 is 5.97 Å². The van der Waals surface area contributed by atoms with E-state index in [2.05, 4.69) is 0 Å². The first-order chi connectivity index (χ1) is 12.6. The number of hydrogen-bond donors (Lipinski definition) is 0. The predicted molar refractivity (Wildman–Crippen MR) is 90.5 cm³/mol. The van der Waals surface area contributed by atoms with Crippen molar-refractivity contribution in [2.75, 3.05) is 39.6 Å². The maximum Gasteiger partial charge on any atom is 0.344 e. The first-order valence-electron chi connectivity index (χ1n) is 8.49. The van der Waals surface area contributed by atoms with Gasteiger partial charge in [0, 0.05) is 12.7 Å². The summed E-state index contributed by atoms with van der Waals surface area (Å²) >= 11 is 0. The number of benzene rings is 1. The zero-order valence-electron chi connectivity index (χ0n) is 14.7. The molecule has 1 unspecified atom stereocenters. The fourth-order valence-corrected chi connectivity index (χ4v) is 2.39. The Morgan fingerprint density at radius 2 is 2.15 bits per heavy atom. The highest BCUT2D eigenvalue weighted by molar-refractivity contribution is 5.71. The fraction of sp³-hybridized carbons (Fsp3) is 0.588. The van der Waals surface area contributed by atoms with Gasteiger partial charge in [-0.05, 0) is 25.8 Å². The molecule has 0 aromatic heterocycles. The van der Waals surface area contributed by atoms with Crippen molar-refractivity contribution in [2.45, 2.75) is 25.9 Å². The van der Waals surface area contributed by atoms with Gasteiger partial charge in [0.2, 0.25) is 0 Å². The summed E-state index contributed by atoms with van der Waals surface area (Å²) in [5, 5.41) is 10.9. The van der Waals surface area contributed by atoms with Crippen molar-refractivity contribution in [3.05, 3.63) is 28.3 Å². The molecule has 9 heteroatoms. The molecule has 0 amide bonds. The van der Waals surface area contributed by atoms with Crippen molar-refractivity contribution in [3.8, 4) is 11.5 Å². The van der Waals surface area contributed by atoms with Gasteiger partial charge in [-0.25, -0.2) is 4.79 Å². The van der Waals surface area contributed by atoms with Gasteiger partial charge < -0.3 is 23.7 Å². The Kier molecular flexibility index (Phi) is 8.10. The zero-order valence-corrected chi connectivity index (χ0v) is 14.7. The van der Waals surface area contributed by atoms with E-state index in [0.717, 1.165) is 19.4 Å². The number of nitro groups is 1. The summed E-state index contributed by atoms with van der Waals surface area (Å²) in [4.78, 5) is 21.8. The number of nitrogens with zero attached hydrogens (tertiary/aromatic N) is 1. The van der Waals surface area contributed by atoms with Crippen molar-refractivity contribution in [1.82, 2.24) is 0 Å². The van der Waals surface area contributed by atoms with Gasteiger partial charge in [-0.2, -0.15) is 0 Å². The first kappa shape index (κ1) is 19.9. The van der Waals surface area contributed by atoms with Gasteiger partial charge in [0.15, 0.2) is 18.1 Å². The fourth-order valence-electron chi connectivity index (χ4n) is 2.39. The van der Waals surface area contributed by atoms with Crippen LogP contribution in [0.3, 0.4) is 0 Å². The molecule has 0 radical (unpaired) electrons. The van der Waals surface area contributed by atoms with Crippen LogP contribution >= 0.6 is 0 Å². The van der Waals surface area contributed by atoms with E-state index in [1.165, 1.54) is 18.2 Å². The van der Waals surface area contributed by atoms with Gasteiger partial charge in [-0.3, -0.25) is 10.1 Å². The van der Waals surface area contributed by atoms with Crippen molar-refractivity contribution in [2.24, 2.45) is 0 Å². The number of carbonyl (C=O) groups excluding carboxylic acids is 1. The summed E-state index contributed by atoms with van der Waals surface area (Å²) < 4.78 is 26.7. The van der Waals surface area contributed by atoms with Crippen LogP contribution < -0.4 is 9.47 Å². The number of ether oxygens (including phenoxy) is 5. The van der Waals surface area contributed by atoms with Gasteiger partial charge in [0.05, 0.1) is 36.9 Å². The minimum Gasteiger partial charge on any atom is -0.487 e. The SMILES string of the molecule is CCOC(=O)COc1cc([N+](=O)[O-])ccc1OCCOC1CCCOC1. The van der Waals surface area contributed by atoms with E-state index in [0.29, 0.717) is 19.0 Å². The highest BCUT2D eigenvalue weighted by Crippen LogP contribution is 2.31. The van der Waals surface area contributed by atoms with Crippen LogP contribution in [0.5, 0.6) is 11.5 Å². The number of hydrogen-bond acceptors (Lipinski definition) is 8. The molecule has 144 valence electrons. The van der Waals surface area contributed by atoms with Crippen LogP contribution in [0.2, 0.25) is 0 Å². The summed E-state index contributed by atoms with van der Waals surface area (Å²) in [6.45, 7) is 3.47. The molecule has 1 atom stereocenters. The number of rotatable bonds is 10. The molecule has 9 nitrogen and oxygen atoms in total. The first-order valence-corrected chi connectivity index (χ1v) is 8.49. The number of nitro benzene ring substituents is 1. The molecule has 1 aliphatic rings. The Morgan fingerprint density at radius 1 is 1.31 bits per heavy atom. The van der Waals surface area contributed by atoms with Gasteiger partial charge in [0.25, 0.3) is 5.69 Å². The van der Waals surface area contributed by atoms with E-state index in [9.17, 15) is 14.9 Å². The lowest BCUT2D eigenvalue weighted by molar-refractivity contribution is -0.385. The molecule has 1 heterocycles. The highest BCUT2D eigenvalue weighted by Gasteiger charge is 2.16. The molecule has 1 saturated heterocycles. The minimum absolute atomic E-state index is 0.0590. The molecule has 0 spiro atoms. The molecule has 1 aliphatic heterocycles. The van der Waals surface area contributed by atoms with E-state index in [1.807, 2.05) is 0 Å². The molecule has 1 aromatic carbocycles. The Labute approximate surface area is 151 Å².